The zero-order valence-corrected chi connectivity index (χ0v) is 13.1. The predicted molar refractivity (Wildman–Crippen MR) is 85.7 cm³/mol. The molecule has 1 unspecified atom stereocenters. The molecular weight excluding hydrogens is 295 g/mol. The number of hydrogen-bond acceptors (Lipinski definition) is 2. The van der Waals surface area contributed by atoms with Gasteiger partial charge in [0.15, 0.2) is 0 Å². The van der Waals surface area contributed by atoms with Crippen LogP contribution in [-0.4, -0.2) is 25.0 Å². The SMILES string of the molecule is Cl.O=C(CCC1CCCN1)NCCc1ccc(Cl)cc1. The summed E-state index contributed by atoms with van der Waals surface area (Å²) in [6, 6.07) is 8.30. The summed E-state index contributed by atoms with van der Waals surface area (Å²) in [5.41, 5.74) is 1.20. The maximum absolute atomic E-state index is 11.7. The Labute approximate surface area is 131 Å². The standard InChI is InChI=1S/C15H21ClN2O.ClH/c16-13-5-3-12(4-6-13)9-11-18-15(19)8-7-14-2-1-10-17-14;/h3-6,14,17H,1-2,7-11H2,(H,18,19);1H. The van der Waals surface area contributed by atoms with Gasteiger partial charge in [0, 0.05) is 24.0 Å². The van der Waals surface area contributed by atoms with Crippen molar-refractivity contribution in [2.75, 3.05) is 13.1 Å². The maximum Gasteiger partial charge on any atom is 0.220 e. The van der Waals surface area contributed by atoms with Crippen LogP contribution in [0, 0.1) is 0 Å². The lowest BCUT2D eigenvalue weighted by Crippen LogP contribution is -2.28. The predicted octanol–water partition coefficient (Wildman–Crippen LogP) is 2.95. The zero-order valence-electron chi connectivity index (χ0n) is 11.5. The van der Waals surface area contributed by atoms with Crippen molar-refractivity contribution >= 4 is 29.9 Å². The van der Waals surface area contributed by atoms with Crippen molar-refractivity contribution in [3.05, 3.63) is 34.9 Å². The Morgan fingerprint density at radius 2 is 2.10 bits per heavy atom. The van der Waals surface area contributed by atoms with Crippen LogP contribution in [0.15, 0.2) is 24.3 Å². The molecule has 1 aromatic rings. The Kier molecular flexibility index (Phi) is 7.97. The molecule has 0 saturated carbocycles. The monoisotopic (exact) mass is 316 g/mol. The van der Waals surface area contributed by atoms with Crippen LogP contribution < -0.4 is 10.6 Å². The van der Waals surface area contributed by atoms with E-state index in [0.29, 0.717) is 19.0 Å². The number of amides is 1. The van der Waals surface area contributed by atoms with E-state index in [4.69, 9.17) is 11.6 Å². The Bertz CT molecular complexity index is 403. The van der Waals surface area contributed by atoms with E-state index in [1.807, 2.05) is 24.3 Å². The Hall–Kier alpha value is -0.770. The lowest BCUT2D eigenvalue weighted by Gasteiger charge is -2.10. The number of carbonyl (C=O) groups excluding carboxylic acids is 1. The third-order valence-corrected chi connectivity index (χ3v) is 3.78. The van der Waals surface area contributed by atoms with Crippen molar-refractivity contribution in [2.45, 2.75) is 38.1 Å². The number of halogens is 2. The summed E-state index contributed by atoms with van der Waals surface area (Å²) in [4.78, 5) is 11.7. The fourth-order valence-electron chi connectivity index (χ4n) is 2.39. The van der Waals surface area contributed by atoms with E-state index in [2.05, 4.69) is 10.6 Å². The second-order valence-electron chi connectivity index (χ2n) is 5.06. The molecule has 112 valence electrons. The first-order valence-corrected chi connectivity index (χ1v) is 7.36. The van der Waals surface area contributed by atoms with Crippen molar-refractivity contribution in [1.29, 1.82) is 0 Å². The van der Waals surface area contributed by atoms with Gasteiger partial charge in [-0.2, -0.15) is 0 Å². The van der Waals surface area contributed by atoms with Crippen LogP contribution in [0.1, 0.15) is 31.2 Å². The van der Waals surface area contributed by atoms with E-state index in [-0.39, 0.29) is 18.3 Å². The Balaban J connectivity index is 0.00000200. The molecule has 1 fully saturated rings. The van der Waals surface area contributed by atoms with E-state index in [9.17, 15) is 4.79 Å². The van der Waals surface area contributed by atoms with Crippen molar-refractivity contribution in [2.24, 2.45) is 0 Å². The molecule has 0 aromatic heterocycles. The van der Waals surface area contributed by atoms with Gasteiger partial charge in [-0.05, 0) is 49.9 Å². The number of carbonyl (C=O) groups is 1. The summed E-state index contributed by atoms with van der Waals surface area (Å²) >= 11 is 5.82. The average molecular weight is 317 g/mol. The van der Waals surface area contributed by atoms with Gasteiger partial charge < -0.3 is 10.6 Å². The van der Waals surface area contributed by atoms with Crippen LogP contribution in [0.5, 0.6) is 0 Å². The molecule has 1 aliphatic rings. The number of benzene rings is 1. The number of nitrogens with one attached hydrogen (secondary N) is 2. The summed E-state index contributed by atoms with van der Waals surface area (Å²) in [7, 11) is 0. The first-order chi connectivity index (χ1) is 9.24. The Morgan fingerprint density at radius 1 is 1.35 bits per heavy atom. The smallest absolute Gasteiger partial charge is 0.220 e. The van der Waals surface area contributed by atoms with E-state index in [1.165, 1.54) is 18.4 Å². The summed E-state index contributed by atoms with van der Waals surface area (Å²) in [5.74, 6) is 0.155. The van der Waals surface area contributed by atoms with Gasteiger partial charge in [-0.15, -0.1) is 12.4 Å². The molecule has 20 heavy (non-hydrogen) atoms. The van der Waals surface area contributed by atoms with Crippen molar-refractivity contribution in [3.63, 3.8) is 0 Å². The maximum atomic E-state index is 11.7. The lowest BCUT2D eigenvalue weighted by atomic mass is 10.1. The molecule has 0 aliphatic carbocycles. The second-order valence-corrected chi connectivity index (χ2v) is 5.49. The molecule has 2 rings (SSSR count). The quantitative estimate of drug-likeness (QED) is 0.847. The molecule has 1 amide bonds. The van der Waals surface area contributed by atoms with Crippen LogP contribution in [0.2, 0.25) is 5.02 Å². The minimum absolute atomic E-state index is 0. The summed E-state index contributed by atoms with van der Waals surface area (Å²) in [6.07, 6.45) is 4.87. The van der Waals surface area contributed by atoms with Gasteiger partial charge in [-0.25, -0.2) is 0 Å². The molecule has 0 spiro atoms. The third kappa shape index (κ3) is 6.12. The summed E-state index contributed by atoms with van der Waals surface area (Å²) < 4.78 is 0. The lowest BCUT2D eigenvalue weighted by molar-refractivity contribution is -0.121. The molecule has 1 aromatic carbocycles. The van der Waals surface area contributed by atoms with Gasteiger partial charge in [0.1, 0.15) is 0 Å². The highest BCUT2D eigenvalue weighted by atomic mass is 35.5. The molecule has 0 bridgehead atoms. The molecule has 1 aliphatic heterocycles. The molecule has 2 N–H and O–H groups in total. The van der Waals surface area contributed by atoms with Crippen LogP contribution in [0.25, 0.3) is 0 Å². The highest BCUT2D eigenvalue weighted by Gasteiger charge is 2.14. The fourth-order valence-corrected chi connectivity index (χ4v) is 2.52. The summed E-state index contributed by atoms with van der Waals surface area (Å²) in [6.45, 7) is 1.79. The van der Waals surface area contributed by atoms with E-state index < -0.39 is 0 Å². The van der Waals surface area contributed by atoms with Crippen LogP contribution >= 0.6 is 24.0 Å². The fraction of sp³-hybridized carbons (Fsp3) is 0.533. The van der Waals surface area contributed by atoms with E-state index in [0.717, 1.165) is 24.4 Å². The van der Waals surface area contributed by atoms with Crippen molar-refractivity contribution in [3.8, 4) is 0 Å². The molecule has 0 radical (unpaired) electrons. The number of rotatable bonds is 6. The third-order valence-electron chi connectivity index (χ3n) is 3.53. The molecule has 1 saturated heterocycles. The van der Waals surface area contributed by atoms with Crippen LogP contribution in [-0.2, 0) is 11.2 Å². The normalized spacial score (nSPS) is 17.6. The molecule has 5 heteroatoms. The highest BCUT2D eigenvalue weighted by molar-refractivity contribution is 6.30. The highest BCUT2D eigenvalue weighted by Crippen LogP contribution is 2.11. The minimum atomic E-state index is 0. The largest absolute Gasteiger partial charge is 0.356 e. The molecular formula is C15H22Cl2N2O. The molecule has 3 nitrogen and oxygen atoms in total. The Morgan fingerprint density at radius 3 is 2.75 bits per heavy atom. The molecule has 1 heterocycles. The topological polar surface area (TPSA) is 41.1 Å². The average Bonchev–Trinajstić information content (AvgIpc) is 2.92. The van der Waals surface area contributed by atoms with E-state index in [1.54, 1.807) is 0 Å². The van der Waals surface area contributed by atoms with Crippen LogP contribution in [0.4, 0.5) is 0 Å². The first-order valence-electron chi connectivity index (χ1n) is 6.98. The van der Waals surface area contributed by atoms with Gasteiger partial charge in [-0.1, -0.05) is 23.7 Å². The van der Waals surface area contributed by atoms with Gasteiger partial charge >= 0.3 is 0 Å². The van der Waals surface area contributed by atoms with Crippen molar-refractivity contribution < 1.29 is 4.79 Å². The zero-order chi connectivity index (χ0) is 13.5. The van der Waals surface area contributed by atoms with Gasteiger partial charge in [-0.3, -0.25) is 4.79 Å². The number of hydrogen-bond donors (Lipinski definition) is 2. The van der Waals surface area contributed by atoms with Crippen molar-refractivity contribution in [1.82, 2.24) is 10.6 Å². The van der Waals surface area contributed by atoms with E-state index >= 15 is 0 Å². The molecule has 1 atom stereocenters. The van der Waals surface area contributed by atoms with Gasteiger partial charge in [0.05, 0.1) is 0 Å². The summed E-state index contributed by atoms with van der Waals surface area (Å²) in [5, 5.41) is 7.12. The second kappa shape index (κ2) is 9.22. The van der Waals surface area contributed by atoms with Gasteiger partial charge in [0.25, 0.3) is 0 Å². The minimum Gasteiger partial charge on any atom is -0.356 e. The van der Waals surface area contributed by atoms with Gasteiger partial charge in [0.2, 0.25) is 5.91 Å². The first kappa shape index (κ1) is 17.3. The van der Waals surface area contributed by atoms with Crippen LogP contribution in [0.3, 0.4) is 0 Å².